The molecule has 0 fully saturated rings. The Hall–Kier alpha value is -1.89. The number of hydrogen-bond acceptors (Lipinski definition) is 4. The third-order valence-electron chi connectivity index (χ3n) is 2.83. The Labute approximate surface area is 127 Å². The van der Waals surface area contributed by atoms with Crippen LogP contribution in [0.3, 0.4) is 0 Å². The van der Waals surface area contributed by atoms with Gasteiger partial charge in [0.2, 0.25) is 5.91 Å². The number of carbonyl (C=O) groups excluding carboxylic acids is 1. The van der Waals surface area contributed by atoms with E-state index < -0.39 is 0 Å². The molecule has 1 N–H and O–H groups in total. The number of thioether (sulfide) groups is 1. The summed E-state index contributed by atoms with van der Waals surface area (Å²) in [5.41, 5.74) is 0.861. The van der Waals surface area contributed by atoms with Gasteiger partial charge >= 0.3 is 0 Å². The van der Waals surface area contributed by atoms with E-state index in [1.165, 1.54) is 23.9 Å². The van der Waals surface area contributed by atoms with Crippen LogP contribution in [-0.4, -0.2) is 26.4 Å². The van der Waals surface area contributed by atoms with E-state index in [1.54, 1.807) is 18.5 Å². The standard InChI is InChI=1S/C14H17FN4OS/c1-10(2)19-9-17-18-14(19)21-8-13(20)16-7-11-3-5-12(15)6-4-11/h3-6,9-10H,7-8H2,1-2H3,(H,16,20). The van der Waals surface area contributed by atoms with Crippen LogP contribution >= 0.6 is 11.8 Å². The van der Waals surface area contributed by atoms with Crippen LogP contribution in [0.5, 0.6) is 0 Å². The van der Waals surface area contributed by atoms with Crippen LogP contribution in [0.4, 0.5) is 4.39 Å². The molecule has 0 saturated heterocycles. The lowest BCUT2D eigenvalue weighted by molar-refractivity contribution is -0.118. The molecule has 5 nitrogen and oxygen atoms in total. The van der Waals surface area contributed by atoms with Gasteiger partial charge in [-0.15, -0.1) is 10.2 Å². The van der Waals surface area contributed by atoms with E-state index in [9.17, 15) is 9.18 Å². The van der Waals surface area contributed by atoms with Crippen LogP contribution in [0.2, 0.25) is 0 Å². The average molecular weight is 308 g/mol. The molecule has 1 amide bonds. The lowest BCUT2D eigenvalue weighted by Gasteiger charge is -2.09. The maximum atomic E-state index is 12.8. The van der Waals surface area contributed by atoms with Crippen molar-refractivity contribution in [3.8, 4) is 0 Å². The average Bonchev–Trinajstić information content (AvgIpc) is 2.93. The van der Waals surface area contributed by atoms with Crippen molar-refractivity contribution in [1.82, 2.24) is 20.1 Å². The number of halogens is 1. The monoisotopic (exact) mass is 308 g/mol. The normalized spacial score (nSPS) is 10.9. The maximum absolute atomic E-state index is 12.8. The van der Waals surface area contributed by atoms with E-state index in [0.717, 1.165) is 10.7 Å². The third kappa shape index (κ3) is 4.56. The fourth-order valence-corrected chi connectivity index (χ4v) is 2.55. The Morgan fingerprint density at radius 1 is 1.38 bits per heavy atom. The largest absolute Gasteiger partial charge is 0.351 e. The van der Waals surface area contributed by atoms with Gasteiger partial charge in [0.05, 0.1) is 5.75 Å². The van der Waals surface area contributed by atoms with Gasteiger partial charge in [0, 0.05) is 12.6 Å². The predicted molar refractivity (Wildman–Crippen MR) is 79.4 cm³/mol. The Kier molecular flexibility index (Phi) is 5.32. The van der Waals surface area contributed by atoms with E-state index in [4.69, 9.17) is 0 Å². The second kappa shape index (κ2) is 7.21. The molecule has 0 aliphatic carbocycles. The van der Waals surface area contributed by atoms with Gasteiger partial charge in [0.25, 0.3) is 0 Å². The molecular formula is C14H17FN4OS. The van der Waals surface area contributed by atoms with Crippen LogP contribution in [0.15, 0.2) is 35.7 Å². The van der Waals surface area contributed by atoms with E-state index in [-0.39, 0.29) is 23.5 Å². The predicted octanol–water partition coefficient (Wildman–Crippen LogP) is 2.41. The summed E-state index contributed by atoms with van der Waals surface area (Å²) in [4.78, 5) is 11.8. The van der Waals surface area contributed by atoms with Crippen molar-refractivity contribution in [2.24, 2.45) is 0 Å². The summed E-state index contributed by atoms with van der Waals surface area (Å²) in [6.07, 6.45) is 1.66. The number of amides is 1. The SMILES string of the molecule is CC(C)n1cnnc1SCC(=O)NCc1ccc(F)cc1. The number of aromatic nitrogens is 3. The molecule has 0 aliphatic rings. The molecule has 1 aromatic carbocycles. The lowest BCUT2D eigenvalue weighted by Crippen LogP contribution is -2.24. The minimum absolute atomic E-state index is 0.0948. The van der Waals surface area contributed by atoms with Gasteiger partial charge in [-0.2, -0.15) is 0 Å². The second-order valence-electron chi connectivity index (χ2n) is 4.81. The summed E-state index contributed by atoms with van der Waals surface area (Å²) in [7, 11) is 0. The van der Waals surface area contributed by atoms with Gasteiger partial charge in [0.15, 0.2) is 5.16 Å². The van der Waals surface area contributed by atoms with Gasteiger partial charge in [-0.1, -0.05) is 23.9 Å². The molecule has 0 aliphatic heterocycles. The first-order valence-corrected chi connectivity index (χ1v) is 7.58. The third-order valence-corrected chi connectivity index (χ3v) is 3.79. The molecule has 2 aromatic rings. The Bertz CT molecular complexity index is 597. The molecule has 0 saturated carbocycles. The summed E-state index contributed by atoms with van der Waals surface area (Å²) in [6, 6.07) is 6.31. The summed E-state index contributed by atoms with van der Waals surface area (Å²) in [5, 5.41) is 11.4. The van der Waals surface area contributed by atoms with Crippen LogP contribution in [0, 0.1) is 5.82 Å². The quantitative estimate of drug-likeness (QED) is 0.833. The zero-order valence-corrected chi connectivity index (χ0v) is 12.7. The Morgan fingerprint density at radius 3 is 2.76 bits per heavy atom. The fraction of sp³-hybridized carbons (Fsp3) is 0.357. The van der Waals surface area contributed by atoms with Gasteiger partial charge in [0.1, 0.15) is 12.1 Å². The van der Waals surface area contributed by atoms with Crippen LogP contribution in [0.25, 0.3) is 0 Å². The molecule has 0 bridgehead atoms. The highest BCUT2D eigenvalue weighted by molar-refractivity contribution is 7.99. The van der Waals surface area contributed by atoms with Crippen molar-refractivity contribution in [3.05, 3.63) is 42.0 Å². The molecule has 7 heteroatoms. The highest BCUT2D eigenvalue weighted by Gasteiger charge is 2.10. The number of benzene rings is 1. The highest BCUT2D eigenvalue weighted by Crippen LogP contribution is 2.18. The first-order valence-electron chi connectivity index (χ1n) is 6.59. The highest BCUT2D eigenvalue weighted by atomic mass is 32.2. The molecule has 0 atom stereocenters. The van der Waals surface area contributed by atoms with Crippen molar-refractivity contribution >= 4 is 17.7 Å². The van der Waals surface area contributed by atoms with Gasteiger partial charge in [-0.25, -0.2) is 4.39 Å². The number of carbonyl (C=O) groups is 1. The Balaban J connectivity index is 1.79. The van der Waals surface area contributed by atoms with E-state index in [1.807, 2.05) is 18.4 Å². The maximum Gasteiger partial charge on any atom is 0.230 e. The molecule has 1 heterocycles. The molecule has 0 unspecified atom stereocenters. The molecule has 1 aromatic heterocycles. The minimum atomic E-state index is -0.284. The number of nitrogens with one attached hydrogen (secondary N) is 1. The van der Waals surface area contributed by atoms with Crippen molar-refractivity contribution in [3.63, 3.8) is 0 Å². The van der Waals surface area contributed by atoms with Gasteiger partial charge < -0.3 is 9.88 Å². The molecule has 112 valence electrons. The van der Waals surface area contributed by atoms with Crippen LogP contribution in [-0.2, 0) is 11.3 Å². The zero-order chi connectivity index (χ0) is 15.2. The molecule has 0 spiro atoms. The molecular weight excluding hydrogens is 291 g/mol. The fourth-order valence-electron chi connectivity index (χ4n) is 1.67. The smallest absolute Gasteiger partial charge is 0.230 e. The zero-order valence-electron chi connectivity index (χ0n) is 11.9. The number of nitrogens with zero attached hydrogens (tertiary/aromatic N) is 3. The number of hydrogen-bond donors (Lipinski definition) is 1. The van der Waals surface area contributed by atoms with Gasteiger partial charge in [-0.3, -0.25) is 4.79 Å². The number of rotatable bonds is 6. The van der Waals surface area contributed by atoms with Crippen LogP contribution in [0.1, 0.15) is 25.5 Å². The van der Waals surface area contributed by atoms with Crippen molar-refractivity contribution in [2.45, 2.75) is 31.6 Å². The summed E-state index contributed by atoms with van der Waals surface area (Å²) in [6.45, 7) is 4.45. The first-order chi connectivity index (χ1) is 10.1. The summed E-state index contributed by atoms with van der Waals surface area (Å²) >= 11 is 1.35. The second-order valence-corrected chi connectivity index (χ2v) is 5.75. The van der Waals surface area contributed by atoms with E-state index in [2.05, 4.69) is 15.5 Å². The summed E-state index contributed by atoms with van der Waals surface area (Å²) < 4.78 is 14.7. The Morgan fingerprint density at radius 2 is 2.10 bits per heavy atom. The molecule has 21 heavy (non-hydrogen) atoms. The van der Waals surface area contributed by atoms with Crippen LogP contribution < -0.4 is 5.32 Å². The van der Waals surface area contributed by atoms with Crippen molar-refractivity contribution < 1.29 is 9.18 Å². The molecule has 0 radical (unpaired) electrons. The first kappa shape index (κ1) is 15.5. The lowest BCUT2D eigenvalue weighted by atomic mass is 10.2. The minimum Gasteiger partial charge on any atom is -0.351 e. The van der Waals surface area contributed by atoms with Gasteiger partial charge in [-0.05, 0) is 31.5 Å². The van der Waals surface area contributed by atoms with E-state index >= 15 is 0 Å². The topological polar surface area (TPSA) is 59.8 Å². The summed E-state index contributed by atoms with van der Waals surface area (Å²) in [5.74, 6) is -0.108. The molecule has 2 rings (SSSR count). The van der Waals surface area contributed by atoms with Crippen molar-refractivity contribution in [2.75, 3.05) is 5.75 Å². The van der Waals surface area contributed by atoms with E-state index in [0.29, 0.717) is 6.54 Å². The van der Waals surface area contributed by atoms with Crippen molar-refractivity contribution in [1.29, 1.82) is 0 Å².